The SMILES string of the molecule is C#CCCCNc1cccnc1OC(C)C. The lowest BCUT2D eigenvalue weighted by Gasteiger charge is -2.13. The average molecular weight is 218 g/mol. The number of anilines is 1. The van der Waals surface area contributed by atoms with Gasteiger partial charge in [0, 0.05) is 19.2 Å². The summed E-state index contributed by atoms with van der Waals surface area (Å²) >= 11 is 0. The van der Waals surface area contributed by atoms with E-state index < -0.39 is 0 Å². The van der Waals surface area contributed by atoms with Gasteiger partial charge in [-0.1, -0.05) is 0 Å². The van der Waals surface area contributed by atoms with Crippen LogP contribution in [0.1, 0.15) is 26.7 Å². The molecule has 0 amide bonds. The topological polar surface area (TPSA) is 34.2 Å². The molecule has 3 heteroatoms. The average Bonchev–Trinajstić information content (AvgIpc) is 2.26. The molecule has 1 heterocycles. The number of hydrogen-bond acceptors (Lipinski definition) is 3. The summed E-state index contributed by atoms with van der Waals surface area (Å²) < 4.78 is 5.59. The summed E-state index contributed by atoms with van der Waals surface area (Å²) in [6.07, 6.45) is 8.78. The number of nitrogens with zero attached hydrogens (tertiary/aromatic N) is 1. The van der Waals surface area contributed by atoms with E-state index in [0.29, 0.717) is 5.88 Å². The van der Waals surface area contributed by atoms with Crippen LogP contribution in [0.4, 0.5) is 5.69 Å². The maximum Gasteiger partial charge on any atom is 0.237 e. The van der Waals surface area contributed by atoms with Gasteiger partial charge in [-0.3, -0.25) is 0 Å². The molecule has 1 N–H and O–H groups in total. The van der Waals surface area contributed by atoms with Crippen molar-refractivity contribution in [1.29, 1.82) is 0 Å². The van der Waals surface area contributed by atoms with Gasteiger partial charge in [-0.05, 0) is 32.4 Å². The van der Waals surface area contributed by atoms with Crippen molar-refractivity contribution in [2.45, 2.75) is 32.8 Å². The number of aromatic nitrogens is 1. The Balaban J connectivity index is 2.54. The Labute approximate surface area is 97.2 Å². The van der Waals surface area contributed by atoms with Crippen molar-refractivity contribution in [1.82, 2.24) is 4.98 Å². The number of unbranched alkanes of at least 4 members (excludes halogenated alkanes) is 1. The van der Waals surface area contributed by atoms with Crippen molar-refractivity contribution in [3.8, 4) is 18.2 Å². The highest BCUT2D eigenvalue weighted by atomic mass is 16.5. The van der Waals surface area contributed by atoms with Crippen LogP contribution >= 0.6 is 0 Å². The molecule has 0 fully saturated rings. The Bertz CT molecular complexity index is 355. The Hall–Kier alpha value is -1.69. The highest BCUT2D eigenvalue weighted by molar-refractivity contribution is 5.51. The van der Waals surface area contributed by atoms with E-state index in [1.165, 1.54) is 0 Å². The predicted molar refractivity (Wildman–Crippen MR) is 66.6 cm³/mol. The van der Waals surface area contributed by atoms with Gasteiger partial charge < -0.3 is 10.1 Å². The van der Waals surface area contributed by atoms with Crippen LogP contribution in [0.5, 0.6) is 5.88 Å². The molecule has 0 bridgehead atoms. The van der Waals surface area contributed by atoms with E-state index in [1.54, 1.807) is 6.20 Å². The highest BCUT2D eigenvalue weighted by Gasteiger charge is 2.05. The molecule has 0 saturated carbocycles. The maximum atomic E-state index is 5.59. The minimum Gasteiger partial charge on any atom is -0.473 e. The van der Waals surface area contributed by atoms with Gasteiger partial charge in [0.2, 0.25) is 5.88 Å². The van der Waals surface area contributed by atoms with E-state index in [0.717, 1.165) is 25.1 Å². The highest BCUT2D eigenvalue weighted by Crippen LogP contribution is 2.21. The fraction of sp³-hybridized carbons (Fsp3) is 0.462. The van der Waals surface area contributed by atoms with Gasteiger partial charge in [0.25, 0.3) is 0 Å². The van der Waals surface area contributed by atoms with Crippen molar-refractivity contribution >= 4 is 5.69 Å². The quantitative estimate of drug-likeness (QED) is 0.589. The summed E-state index contributed by atoms with van der Waals surface area (Å²) in [7, 11) is 0. The summed E-state index contributed by atoms with van der Waals surface area (Å²) in [6.45, 7) is 4.80. The Morgan fingerprint density at radius 1 is 1.56 bits per heavy atom. The van der Waals surface area contributed by atoms with E-state index in [-0.39, 0.29) is 6.10 Å². The zero-order valence-corrected chi connectivity index (χ0v) is 9.86. The molecular formula is C13H18N2O. The third-order valence-electron chi connectivity index (χ3n) is 1.93. The van der Waals surface area contributed by atoms with Gasteiger partial charge >= 0.3 is 0 Å². The molecule has 0 unspecified atom stereocenters. The molecule has 0 saturated heterocycles. The van der Waals surface area contributed by atoms with Crippen molar-refractivity contribution in [2.75, 3.05) is 11.9 Å². The van der Waals surface area contributed by atoms with Crippen LogP contribution in [-0.2, 0) is 0 Å². The normalized spacial score (nSPS) is 9.88. The first-order valence-corrected chi connectivity index (χ1v) is 5.53. The van der Waals surface area contributed by atoms with Gasteiger partial charge in [-0.25, -0.2) is 4.98 Å². The lowest BCUT2D eigenvalue weighted by Crippen LogP contribution is -2.10. The second kappa shape index (κ2) is 6.73. The zero-order valence-electron chi connectivity index (χ0n) is 9.86. The van der Waals surface area contributed by atoms with Crippen LogP contribution in [0.25, 0.3) is 0 Å². The summed E-state index contributed by atoms with van der Waals surface area (Å²) in [5.74, 6) is 3.27. The Morgan fingerprint density at radius 2 is 2.38 bits per heavy atom. The van der Waals surface area contributed by atoms with Crippen molar-refractivity contribution in [3.05, 3.63) is 18.3 Å². The van der Waals surface area contributed by atoms with Gasteiger partial charge in [0.15, 0.2) is 0 Å². The molecule has 0 aliphatic rings. The summed E-state index contributed by atoms with van der Waals surface area (Å²) in [5.41, 5.74) is 0.924. The zero-order chi connectivity index (χ0) is 11.8. The smallest absolute Gasteiger partial charge is 0.237 e. The molecule has 16 heavy (non-hydrogen) atoms. The molecule has 0 aliphatic carbocycles. The minimum absolute atomic E-state index is 0.126. The fourth-order valence-corrected chi connectivity index (χ4v) is 1.26. The second-order valence-electron chi connectivity index (χ2n) is 3.76. The van der Waals surface area contributed by atoms with Gasteiger partial charge in [0.05, 0.1) is 11.8 Å². The third kappa shape index (κ3) is 4.22. The lowest BCUT2D eigenvalue weighted by molar-refractivity contribution is 0.234. The summed E-state index contributed by atoms with van der Waals surface area (Å²) in [4.78, 5) is 4.19. The third-order valence-corrected chi connectivity index (χ3v) is 1.93. The van der Waals surface area contributed by atoms with E-state index in [4.69, 9.17) is 11.2 Å². The lowest BCUT2D eigenvalue weighted by atomic mass is 10.3. The van der Waals surface area contributed by atoms with Crippen molar-refractivity contribution in [2.24, 2.45) is 0 Å². The van der Waals surface area contributed by atoms with Crippen LogP contribution in [0, 0.1) is 12.3 Å². The van der Waals surface area contributed by atoms with E-state index in [2.05, 4.69) is 16.2 Å². The molecule has 3 nitrogen and oxygen atoms in total. The van der Waals surface area contributed by atoms with Crippen LogP contribution in [0.3, 0.4) is 0 Å². The standard InChI is InChI=1S/C13H18N2O/c1-4-5-6-9-14-12-8-7-10-15-13(12)16-11(2)3/h1,7-8,10-11,14H,5-6,9H2,2-3H3. The first-order chi connectivity index (χ1) is 7.74. The van der Waals surface area contributed by atoms with Crippen LogP contribution in [-0.4, -0.2) is 17.6 Å². The predicted octanol–water partition coefficient (Wildman–Crippen LogP) is 2.69. The molecule has 0 spiro atoms. The molecule has 1 aromatic rings. The molecule has 1 aromatic heterocycles. The van der Waals surface area contributed by atoms with E-state index in [1.807, 2.05) is 26.0 Å². The first-order valence-electron chi connectivity index (χ1n) is 5.53. The largest absolute Gasteiger partial charge is 0.473 e. The molecule has 1 rings (SSSR count). The van der Waals surface area contributed by atoms with Gasteiger partial charge in [-0.15, -0.1) is 12.3 Å². The first kappa shape index (κ1) is 12.4. The number of terminal acetylenes is 1. The summed E-state index contributed by atoms with van der Waals surface area (Å²) in [6, 6.07) is 3.84. The molecule has 0 aromatic carbocycles. The number of pyridine rings is 1. The van der Waals surface area contributed by atoms with Crippen molar-refractivity contribution < 1.29 is 4.74 Å². The van der Waals surface area contributed by atoms with Gasteiger partial charge in [-0.2, -0.15) is 0 Å². The van der Waals surface area contributed by atoms with E-state index in [9.17, 15) is 0 Å². The number of nitrogens with one attached hydrogen (secondary N) is 1. The molecule has 86 valence electrons. The monoisotopic (exact) mass is 218 g/mol. The summed E-state index contributed by atoms with van der Waals surface area (Å²) in [5, 5.41) is 3.27. The maximum absolute atomic E-state index is 5.59. The fourth-order valence-electron chi connectivity index (χ4n) is 1.26. The second-order valence-corrected chi connectivity index (χ2v) is 3.76. The van der Waals surface area contributed by atoms with Crippen LogP contribution in [0.15, 0.2) is 18.3 Å². The van der Waals surface area contributed by atoms with Crippen LogP contribution in [0.2, 0.25) is 0 Å². The Kier molecular flexibility index (Phi) is 5.21. The van der Waals surface area contributed by atoms with Gasteiger partial charge in [0.1, 0.15) is 0 Å². The molecule has 0 radical (unpaired) electrons. The number of ether oxygens (including phenoxy) is 1. The molecule has 0 atom stereocenters. The van der Waals surface area contributed by atoms with Crippen LogP contribution < -0.4 is 10.1 Å². The minimum atomic E-state index is 0.126. The molecular weight excluding hydrogens is 200 g/mol. The Morgan fingerprint density at radius 3 is 3.06 bits per heavy atom. The number of hydrogen-bond donors (Lipinski definition) is 1. The number of rotatable bonds is 6. The van der Waals surface area contributed by atoms with E-state index >= 15 is 0 Å². The molecule has 0 aliphatic heterocycles. The van der Waals surface area contributed by atoms with Crippen molar-refractivity contribution in [3.63, 3.8) is 0 Å².